The van der Waals surface area contributed by atoms with Gasteiger partial charge < -0.3 is 0 Å². The summed E-state index contributed by atoms with van der Waals surface area (Å²) in [5, 5.41) is 0. The van der Waals surface area contributed by atoms with Crippen molar-refractivity contribution in [3.8, 4) is 5.69 Å². The summed E-state index contributed by atoms with van der Waals surface area (Å²) in [6.07, 6.45) is 0. The lowest BCUT2D eigenvalue weighted by Crippen LogP contribution is -2.06. The molecule has 0 saturated heterocycles. The Labute approximate surface area is 123 Å². The number of imidazole rings is 1. The number of aryl methyl sites for hydroxylation is 1. The van der Waals surface area contributed by atoms with E-state index >= 15 is 0 Å². The van der Waals surface area contributed by atoms with Crippen molar-refractivity contribution in [3.63, 3.8) is 0 Å². The first kappa shape index (κ1) is 13.9. The summed E-state index contributed by atoms with van der Waals surface area (Å²) in [6, 6.07) is 4.80. The van der Waals surface area contributed by atoms with Gasteiger partial charge in [0.25, 0.3) is 0 Å². The quantitative estimate of drug-likeness (QED) is 0.531. The number of fused-ring (bicyclic) bond motifs is 1. The third-order valence-corrected chi connectivity index (χ3v) is 3.29. The van der Waals surface area contributed by atoms with Gasteiger partial charge in [-0.3, -0.25) is 4.57 Å². The summed E-state index contributed by atoms with van der Waals surface area (Å²) < 4.78 is 42.1. The molecule has 0 aliphatic heterocycles. The average Bonchev–Trinajstić information content (AvgIpc) is 2.80. The number of rotatable bonds is 2. The molecule has 3 aromatic rings. The molecule has 0 bridgehead atoms. The molecule has 0 amide bonds. The van der Waals surface area contributed by atoms with Crippen LogP contribution in [0.1, 0.15) is 11.5 Å². The fourth-order valence-corrected chi connectivity index (χ4v) is 2.33. The predicted octanol–water partition coefficient (Wildman–Crippen LogP) is 3.89. The van der Waals surface area contributed by atoms with E-state index in [9.17, 15) is 13.2 Å². The molecule has 0 aliphatic rings. The molecule has 0 radical (unpaired) electrons. The van der Waals surface area contributed by atoms with E-state index in [1.165, 1.54) is 4.57 Å². The Balaban J connectivity index is 2.41. The molecule has 3 nitrogen and oxygen atoms in total. The highest BCUT2D eigenvalue weighted by atomic mass is 35.5. The number of hydrogen-bond donors (Lipinski definition) is 0. The third-order valence-electron chi connectivity index (χ3n) is 3.05. The largest absolute Gasteiger partial charge is 0.276 e. The van der Waals surface area contributed by atoms with Gasteiger partial charge in [0, 0.05) is 17.8 Å². The maximum atomic E-state index is 14.0. The second-order valence-corrected chi connectivity index (χ2v) is 4.78. The van der Waals surface area contributed by atoms with Crippen LogP contribution < -0.4 is 0 Å². The molecule has 0 N–H and O–H groups in total. The Hall–Kier alpha value is -2.08. The van der Waals surface area contributed by atoms with Gasteiger partial charge in [-0.25, -0.2) is 23.1 Å². The standard InChI is InChI=1S/C14H9ClF3N3/c1-7-2-3-10-14(19-7)21(12(6-15)20-10)11-5-8(16)4-9(17)13(11)18/h2-5H,6H2,1H3. The minimum absolute atomic E-state index is 0.0486. The van der Waals surface area contributed by atoms with E-state index in [4.69, 9.17) is 11.6 Å². The second-order valence-electron chi connectivity index (χ2n) is 4.51. The van der Waals surface area contributed by atoms with Crippen molar-refractivity contribution in [1.82, 2.24) is 14.5 Å². The smallest absolute Gasteiger partial charge is 0.183 e. The summed E-state index contributed by atoms with van der Waals surface area (Å²) in [7, 11) is 0. The molecular weight excluding hydrogens is 303 g/mol. The van der Waals surface area contributed by atoms with E-state index in [-0.39, 0.29) is 17.4 Å². The monoisotopic (exact) mass is 311 g/mol. The SMILES string of the molecule is Cc1ccc2nc(CCl)n(-c3cc(F)cc(F)c3F)c2n1. The maximum absolute atomic E-state index is 14.0. The summed E-state index contributed by atoms with van der Waals surface area (Å²) in [5.41, 5.74) is 1.14. The second kappa shape index (κ2) is 5.04. The molecule has 0 aliphatic carbocycles. The third kappa shape index (κ3) is 2.25. The van der Waals surface area contributed by atoms with E-state index in [1.54, 1.807) is 19.1 Å². The van der Waals surface area contributed by atoms with Crippen LogP contribution in [0.3, 0.4) is 0 Å². The van der Waals surface area contributed by atoms with Crippen molar-refractivity contribution >= 4 is 22.8 Å². The zero-order valence-corrected chi connectivity index (χ0v) is 11.6. The minimum Gasteiger partial charge on any atom is -0.276 e. The molecule has 2 aromatic heterocycles. The Morgan fingerprint density at radius 2 is 1.90 bits per heavy atom. The molecule has 0 fully saturated rings. The Bertz CT molecular complexity index is 845. The van der Waals surface area contributed by atoms with Gasteiger partial charge in [-0.15, -0.1) is 11.6 Å². The number of benzene rings is 1. The van der Waals surface area contributed by atoms with Crippen LogP contribution >= 0.6 is 11.6 Å². The Morgan fingerprint density at radius 1 is 1.14 bits per heavy atom. The molecule has 108 valence electrons. The molecular formula is C14H9ClF3N3. The maximum Gasteiger partial charge on any atom is 0.183 e. The van der Waals surface area contributed by atoms with Gasteiger partial charge in [-0.1, -0.05) is 0 Å². The minimum atomic E-state index is -1.28. The molecule has 0 saturated carbocycles. The van der Waals surface area contributed by atoms with Crippen molar-refractivity contribution in [3.05, 3.63) is 53.2 Å². The first-order valence-electron chi connectivity index (χ1n) is 6.07. The number of nitrogens with zero attached hydrogens (tertiary/aromatic N) is 3. The molecule has 1 aromatic carbocycles. The summed E-state index contributed by atoms with van der Waals surface area (Å²) in [6.45, 7) is 1.75. The van der Waals surface area contributed by atoms with Gasteiger partial charge in [-0.05, 0) is 19.1 Å². The van der Waals surface area contributed by atoms with E-state index < -0.39 is 17.5 Å². The molecule has 7 heteroatoms. The van der Waals surface area contributed by atoms with Gasteiger partial charge >= 0.3 is 0 Å². The number of alkyl halides is 1. The number of aromatic nitrogens is 3. The number of halogens is 4. The highest BCUT2D eigenvalue weighted by molar-refractivity contribution is 6.16. The molecule has 0 spiro atoms. The fraction of sp³-hybridized carbons (Fsp3) is 0.143. The van der Waals surface area contributed by atoms with E-state index in [0.717, 1.165) is 6.07 Å². The summed E-state index contributed by atoms with van der Waals surface area (Å²) >= 11 is 5.80. The molecule has 21 heavy (non-hydrogen) atoms. The normalized spacial score (nSPS) is 11.3. The fourth-order valence-electron chi connectivity index (χ4n) is 2.15. The molecule has 3 rings (SSSR count). The lowest BCUT2D eigenvalue weighted by Gasteiger charge is -2.09. The van der Waals surface area contributed by atoms with Crippen molar-refractivity contribution in [2.75, 3.05) is 0 Å². The van der Waals surface area contributed by atoms with Crippen molar-refractivity contribution in [2.45, 2.75) is 12.8 Å². The number of pyridine rings is 1. The first-order chi connectivity index (χ1) is 10.0. The van der Waals surface area contributed by atoms with Crippen LogP contribution in [0.15, 0.2) is 24.3 Å². The van der Waals surface area contributed by atoms with Gasteiger partial charge in [0.2, 0.25) is 0 Å². The predicted molar refractivity (Wildman–Crippen MR) is 73.0 cm³/mol. The van der Waals surface area contributed by atoms with Crippen LogP contribution in [0.2, 0.25) is 0 Å². The Kier molecular flexibility index (Phi) is 3.33. The van der Waals surface area contributed by atoms with Crippen LogP contribution in [-0.4, -0.2) is 14.5 Å². The first-order valence-corrected chi connectivity index (χ1v) is 6.60. The van der Waals surface area contributed by atoms with E-state index in [2.05, 4.69) is 9.97 Å². The molecule has 2 heterocycles. The topological polar surface area (TPSA) is 30.7 Å². The van der Waals surface area contributed by atoms with E-state index in [1.807, 2.05) is 0 Å². The van der Waals surface area contributed by atoms with Crippen molar-refractivity contribution in [1.29, 1.82) is 0 Å². The lowest BCUT2D eigenvalue weighted by atomic mass is 10.2. The lowest BCUT2D eigenvalue weighted by molar-refractivity contribution is 0.490. The van der Waals surface area contributed by atoms with Gasteiger partial charge in [0.1, 0.15) is 17.2 Å². The number of hydrogen-bond acceptors (Lipinski definition) is 2. The van der Waals surface area contributed by atoms with Gasteiger partial charge in [0.05, 0.1) is 11.6 Å². The van der Waals surface area contributed by atoms with E-state index in [0.29, 0.717) is 22.9 Å². The van der Waals surface area contributed by atoms with Crippen molar-refractivity contribution in [2.24, 2.45) is 0 Å². The van der Waals surface area contributed by atoms with Crippen LogP contribution in [-0.2, 0) is 5.88 Å². The molecule has 0 unspecified atom stereocenters. The highest BCUT2D eigenvalue weighted by Crippen LogP contribution is 2.25. The van der Waals surface area contributed by atoms with Crippen molar-refractivity contribution < 1.29 is 13.2 Å². The summed E-state index contributed by atoms with van der Waals surface area (Å²) in [5.74, 6) is -3.13. The zero-order chi connectivity index (χ0) is 15.1. The molecule has 0 atom stereocenters. The van der Waals surface area contributed by atoms with Crippen LogP contribution in [0.5, 0.6) is 0 Å². The van der Waals surface area contributed by atoms with Gasteiger partial charge in [-0.2, -0.15) is 0 Å². The van der Waals surface area contributed by atoms with Gasteiger partial charge in [0.15, 0.2) is 17.3 Å². The summed E-state index contributed by atoms with van der Waals surface area (Å²) in [4.78, 5) is 8.46. The average molecular weight is 312 g/mol. The highest BCUT2D eigenvalue weighted by Gasteiger charge is 2.19. The van der Waals surface area contributed by atoms with Crippen LogP contribution in [0.25, 0.3) is 16.9 Å². The zero-order valence-electron chi connectivity index (χ0n) is 10.9. The van der Waals surface area contributed by atoms with Crippen LogP contribution in [0.4, 0.5) is 13.2 Å². The Morgan fingerprint density at radius 3 is 2.62 bits per heavy atom. The van der Waals surface area contributed by atoms with Crippen LogP contribution in [0, 0.1) is 24.4 Å².